The Bertz CT molecular complexity index is 290. The minimum absolute atomic E-state index is 0.0558. The van der Waals surface area contributed by atoms with E-state index < -0.39 is 24.1 Å². The maximum absolute atomic E-state index is 11.5. The van der Waals surface area contributed by atoms with Crippen LogP contribution in [0.5, 0.6) is 0 Å². The molecule has 0 aromatic heterocycles. The van der Waals surface area contributed by atoms with Crippen LogP contribution in [-0.4, -0.2) is 34.4 Å². The Hall–Kier alpha value is -1.10. The highest BCUT2D eigenvalue weighted by Gasteiger charge is 2.16. The molecule has 0 aliphatic heterocycles. The van der Waals surface area contributed by atoms with Gasteiger partial charge in [0.05, 0.1) is 18.9 Å². The molecule has 0 saturated carbocycles. The molecule has 0 amide bonds. The van der Waals surface area contributed by atoms with E-state index in [-0.39, 0.29) is 12.8 Å². The Balaban J connectivity index is 3.57. The van der Waals surface area contributed by atoms with Crippen molar-refractivity contribution < 1.29 is 24.5 Å². The van der Waals surface area contributed by atoms with Crippen LogP contribution in [0, 0.1) is 0 Å². The van der Waals surface area contributed by atoms with Gasteiger partial charge >= 0.3 is 11.9 Å². The second-order valence-electron chi connectivity index (χ2n) is 5.67. The molecular weight excluding hydrogens is 272 g/mol. The van der Waals surface area contributed by atoms with Crippen molar-refractivity contribution in [2.75, 3.05) is 0 Å². The fourth-order valence-corrected chi connectivity index (χ4v) is 2.19. The van der Waals surface area contributed by atoms with E-state index in [0.717, 1.165) is 12.8 Å². The van der Waals surface area contributed by atoms with Crippen LogP contribution >= 0.6 is 0 Å². The monoisotopic (exact) mass is 302 g/mol. The predicted octanol–water partition coefficient (Wildman–Crippen LogP) is 3.28. The Kier molecular flexibility index (Phi) is 12.0. The van der Waals surface area contributed by atoms with Gasteiger partial charge in [-0.15, -0.1) is 0 Å². The van der Waals surface area contributed by atoms with E-state index >= 15 is 0 Å². The average molecular weight is 302 g/mol. The van der Waals surface area contributed by atoms with E-state index in [1.165, 1.54) is 39.0 Å². The topological polar surface area (TPSA) is 83.8 Å². The van der Waals surface area contributed by atoms with Crippen molar-refractivity contribution in [2.45, 2.75) is 90.3 Å². The SMILES string of the molecule is CCCCCCCCCC(O)CC(=O)OC(C)CC(=O)O. The summed E-state index contributed by atoms with van der Waals surface area (Å²) in [5.41, 5.74) is 0. The van der Waals surface area contributed by atoms with Gasteiger partial charge in [0, 0.05) is 0 Å². The first-order valence-electron chi connectivity index (χ1n) is 8.05. The fourth-order valence-electron chi connectivity index (χ4n) is 2.19. The van der Waals surface area contributed by atoms with Crippen molar-refractivity contribution in [3.05, 3.63) is 0 Å². The van der Waals surface area contributed by atoms with Crippen LogP contribution in [0.4, 0.5) is 0 Å². The molecule has 5 heteroatoms. The normalized spacial score (nSPS) is 13.7. The van der Waals surface area contributed by atoms with Crippen LogP contribution in [-0.2, 0) is 14.3 Å². The molecule has 0 aliphatic rings. The minimum atomic E-state index is -1.00. The van der Waals surface area contributed by atoms with Gasteiger partial charge in [-0.2, -0.15) is 0 Å². The van der Waals surface area contributed by atoms with Crippen molar-refractivity contribution in [1.82, 2.24) is 0 Å². The maximum Gasteiger partial charge on any atom is 0.308 e. The molecular formula is C16H30O5. The van der Waals surface area contributed by atoms with Gasteiger partial charge in [-0.3, -0.25) is 9.59 Å². The van der Waals surface area contributed by atoms with E-state index in [9.17, 15) is 14.7 Å². The smallest absolute Gasteiger partial charge is 0.308 e. The summed E-state index contributed by atoms with van der Waals surface area (Å²) in [4.78, 5) is 21.9. The van der Waals surface area contributed by atoms with E-state index in [1.54, 1.807) is 0 Å². The van der Waals surface area contributed by atoms with Crippen LogP contribution < -0.4 is 0 Å². The summed E-state index contributed by atoms with van der Waals surface area (Å²) < 4.78 is 4.92. The van der Waals surface area contributed by atoms with Crippen molar-refractivity contribution in [3.8, 4) is 0 Å². The van der Waals surface area contributed by atoms with E-state index in [1.807, 2.05) is 0 Å². The highest BCUT2D eigenvalue weighted by atomic mass is 16.5. The zero-order valence-corrected chi connectivity index (χ0v) is 13.3. The summed E-state index contributed by atoms with van der Waals surface area (Å²) in [6.45, 7) is 3.72. The number of aliphatic carboxylic acids is 1. The lowest BCUT2D eigenvalue weighted by Gasteiger charge is -2.13. The number of carbonyl (C=O) groups excluding carboxylic acids is 1. The number of ether oxygens (including phenoxy) is 1. The molecule has 0 aromatic rings. The largest absolute Gasteiger partial charge is 0.481 e. The third-order valence-electron chi connectivity index (χ3n) is 3.34. The second-order valence-corrected chi connectivity index (χ2v) is 5.67. The number of hydrogen-bond donors (Lipinski definition) is 2. The fraction of sp³-hybridized carbons (Fsp3) is 0.875. The van der Waals surface area contributed by atoms with Gasteiger partial charge in [0.1, 0.15) is 6.10 Å². The molecule has 2 N–H and O–H groups in total. The van der Waals surface area contributed by atoms with Gasteiger partial charge in [0.15, 0.2) is 0 Å². The zero-order chi connectivity index (χ0) is 16.1. The zero-order valence-electron chi connectivity index (χ0n) is 13.3. The van der Waals surface area contributed by atoms with Crippen molar-refractivity contribution in [2.24, 2.45) is 0 Å². The van der Waals surface area contributed by atoms with Gasteiger partial charge < -0.3 is 14.9 Å². The van der Waals surface area contributed by atoms with Gasteiger partial charge in [0.2, 0.25) is 0 Å². The average Bonchev–Trinajstić information content (AvgIpc) is 2.36. The van der Waals surface area contributed by atoms with E-state index in [0.29, 0.717) is 6.42 Å². The van der Waals surface area contributed by atoms with E-state index in [4.69, 9.17) is 9.84 Å². The van der Waals surface area contributed by atoms with Crippen LogP contribution in [0.3, 0.4) is 0 Å². The lowest BCUT2D eigenvalue weighted by molar-refractivity contribution is -0.153. The molecule has 5 nitrogen and oxygen atoms in total. The van der Waals surface area contributed by atoms with Gasteiger partial charge in [0.25, 0.3) is 0 Å². The molecule has 0 aromatic carbocycles. The Labute approximate surface area is 127 Å². The highest BCUT2D eigenvalue weighted by Crippen LogP contribution is 2.12. The van der Waals surface area contributed by atoms with Crippen molar-refractivity contribution in [3.63, 3.8) is 0 Å². The second kappa shape index (κ2) is 12.6. The minimum Gasteiger partial charge on any atom is -0.481 e. The summed E-state index contributed by atoms with van der Waals surface area (Å²) in [6.07, 6.45) is 7.17. The summed E-state index contributed by atoms with van der Waals surface area (Å²) in [7, 11) is 0. The first-order valence-corrected chi connectivity index (χ1v) is 8.05. The van der Waals surface area contributed by atoms with Gasteiger partial charge in [-0.25, -0.2) is 0 Å². The number of rotatable bonds is 13. The van der Waals surface area contributed by atoms with Gasteiger partial charge in [-0.05, 0) is 13.3 Å². The molecule has 2 unspecified atom stereocenters. The van der Waals surface area contributed by atoms with Crippen molar-refractivity contribution in [1.29, 1.82) is 0 Å². The maximum atomic E-state index is 11.5. The molecule has 0 aliphatic carbocycles. The molecule has 0 spiro atoms. The Morgan fingerprint density at radius 2 is 1.57 bits per heavy atom. The van der Waals surface area contributed by atoms with Crippen LogP contribution in [0.1, 0.15) is 78.1 Å². The first-order chi connectivity index (χ1) is 9.95. The number of hydrogen-bond acceptors (Lipinski definition) is 4. The number of carboxylic acid groups (broad SMARTS) is 1. The number of carboxylic acids is 1. The standard InChI is InChI=1S/C16H30O5/c1-3-4-5-6-7-8-9-10-14(17)12-16(20)21-13(2)11-15(18)19/h13-14,17H,3-12H2,1-2H3,(H,18,19). The van der Waals surface area contributed by atoms with Crippen LogP contribution in [0.25, 0.3) is 0 Å². The van der Waals surface area contributed by atoms with Crippen LogP contribution in [0.15, 0.2) is 0 Å². The molecule has 2 atom stereocenters. The molecule has 0 heterocycles. The molecule has 0 radical (unpaired) electrons. The van der Waals surface area contributed by atoms with E-state index in [2.05, 4.69) is 6.92 Å². The number of aliphatic hydroxyl groups is 1. The number of aliphatic hydroxyl groups excluding tert-OH is 1. The summed E-state index contributed by atoms with van der Waals surface area (Å²) >= 11 is 0. The third kappa shape index (κ3) is 13.6. The lowest BCUT2D eigenvalue weighted by atomic mass is 10.0. The Morgan fingerprint density at radius 3 is 2.14 bits per heavy atom. The highest BCUT2D eigenvalue weighted by molar-refractivity contribution is 5.71. The molecule has 0 saturated heterocycles. The van der Waals surface area contributed by atoms with Gasteiger partial charge in [-0.1, -0.05) is 51.9 Å². The molecule has 124 valence electrons. The quantitative estimate of drug-likeness (QED) is 0.403. The van der Waals surface area contributed by atoms with Crippen LogP contribution in [0.2, 0.25) is 0 Å². The third-order valence-corrected chi connectivity index (χ3v) is 3.34. The number of carbonyl (C=O) groups is 2. The summed E-state index contributed by atoms with van der Waals surface area (Å²) in [5, 5.41) is 18.3. The summed E-state index contributed by atoms with van der Waals surface area (Å²) in [5.74, 6) is -1.53. The predicted molar refractivity (Wildman–Crippen MR) is 81.0 cm³/mol. The van der Waals surface area contributed by atoms with Crippen molar-refractivity contribution >= 4 is 11.9 Å². The first kappa shape index (κ1) is 19.9. The number of unbranched alkanes of at least 4 members (excludes halogenated alkanes) is 6. The molecule has 0 bridgehead atoms. The molecule has 0 rings (SSSR count). The molecule has 21 heavy (non-hydrogen) atoms. The summed E-state index contributed by atoms with van der Waals surface area (Å²) in [6, 6.07) is 0. The number of esters is 1. The molecule has 0 fully saturated rings. The Morgan fingerprint density at radius 1 is 1.00 bits per heavy atom. The lowest BCUT2D eigenvalue weighted by Crippen LogP contribution is -2.22.